The van der Waals surface area contributed by atoms with Gasteiger partial charge in [-0.05, 0) is 63.4 Å². The van der Waals surface area contributed by atoms with Gasteiger partial charge >= 0.3 is 0 Å². The lowest BCUT2D eigenvalue weighted by Gasteiger charge is -2.30. The number of hydrogen-bond donors (Lipinski definition) is 1. The van der Waals surface area contributed by atoms with Crippen molar-refractivity contribution in [3.8, 4) is 0 Å². The molecule has 29 heavy (non-hydrogen) atoms. The standard InChI is InChI=1S/C23H28Cl2N2O2/c1-14(2)26-23(29)17(5)27(13-19-20(24)7-6-8-21(19)25)22(28)12-18-10-9-15(3)16(4)11-18/h6-11,14,17H,12-13H2,1-5H3,(H,26,29)/t17-/m1/s1. The minimum Gasteiger partial charge on any atom is -0.352 e. The first-order valence-electron chi connectivity index (χ1n) is 9.69. The molecule has 0 saturated heterocycles. The van der Waals surface area contributed by atoms with E-state index in [1.54, 1.807) is 30.0 Å². The number of rotatable bonds is 7. The molecule has 0 aliphatic carbocycles. The summed E-state index contributed by atoms with van der Waals surface area (Å²) in [4.78, 5) is 27.4. The number of nitrogens with zero attached hydrogens (tertiary/aromatic N) is 1. The minimum absolute atomic E-state index is 0.0226. The van der Waals surface area contributed by atoms with E-state index in [0.717, 1.165) is 11.1 Å². The van der Waals surface area contributed by atoms with E-state index in [9.17, 15) is 9.59 Å². The molecular weight excluding hydrogens is 407 g/mol. The van der Waals surface area contributed by atoms with E-state index in [4.69, 9.17) is 23.2 Å². The van der Waals surface area contributed by atoms with Crippen LogP contribution in [0.25, 0.3) is 0 Å². The van der Waals surface area contributed by atoms with E-state index in [1.807, 2.05) is 45.9 Å². The van der Waals surface area contributed by atoms with Crippen molar-refractivity contribution in [3.05, 3.63) is 68.7 Å². The summed E-state index contributed by atoms with van der Waals surface area (Å²) in [6.45, 7) is 9.71. The molecule has 4 nitrogen and oxygen atoms in total. The van der Waals surface area contributed by atoms with Crippen LogP contribution in [0.5, 0.6) is 0 Å². The van der Waals surface area contributed by atoms with Crippen LogP contribution < -0.4 is 5.32 Å². The lowest BCUT2D eigenvalue weighted by atomic mass is 10.0. The van der Waals surface area contributed by atoms with Gasteiger partial charge in [-0.25, -0.2) is 0 Å². The van der Waals surface area contributed by atoms with E-state index in [2.05, 4.69) is 5.32 Å². The molecule has 0 spiro atoms. The summed E-state index contributed by atoms with van der Waals surface area (Å²) in [7, 11) is 0. The summed E-state index contributed by atoms with van der Waals surface area (Å²) >= 11 is 12.6. The Bertz CT molecular complexity index is 876. The predicted octanol–water partition coefficient (Wildman–Crippen LogP) is 5.09. The highest BCUT2D eigenvalue weighted by molar-refractivity contribution is 6.36. The second-order valence-corrected chi connectivity index (χ2v) is 8.47. The monoisotopic (exact) mass is 434 g/mol. The van der Waals surface area contributed by atoms with Crippen LogP contribution >= 0.6 is 23.2 Å². The molecule has 1 N–H and O–H groups in total. The molecule has 0 bridgehead atoms. The highest BCUT2D eigenvalue weighted by atomic mass is 35.5. The fourth-order valence-electron chi connectivity index (χ4n) is 3.03. The number of amides is 2. The van der Waals surface area contributed by atoms with Crippen molar-refractivity contribution in [2.75, 3.05) is 0 Å². The van der Waals surface area contributed by atoms with Gasteiger partial charge in [0.05, 0.1) is 6.42 Å². The predicted molar refractivity (Wildman–Crippen MR) is 119 cm³/mol. The molecule has 2 amide bonds. The Hall–Kier alpha value is -2.04. The molecule has 2 rings (SSSR count). The number of carbonyl (C=O) groups is 2. The Kier molecular flexibility index (Phi) is 8.12. The zero-order valence-corrected chi connectivity index (χ0v) is 19.1. The first kappa shape index (κ1) is 23.2. The zero-order valence-electron chi connectivity index (χ0n) is 17.6. The van der Waals surface area contributed by atoms with Gasteiger partial charge < -0.3 is 10.2 Å². The van der Waals surface area contributed by atoms with Gasteiger partial charge in [-0.3, -0.25) is 9.59 Å². The quantitative estimate of drug-likeness (QED) is 0.658. The Morgan fingerprint density at radius 3 is 2.17 bits per heavy atom. The Balaban J connectivity index is 2.33. The zero-order chi connectivity index (χ0) is 21.7. The summed E-state index contributed by atoms with van der Waals surface area (Å²) in [5.74, 6) is -0.368. The van der Waals surface area contributed by atoms with Gasteiger partial charge in [0.15, 0.2) is 0 Å². The maximum atomic E-state index is 13.2. The lowest BCUT2D eigenvalue weighted by molar-refractivity contribution is -0.140. The van der Waals surface area contributed by atoms with E-state index in [-0.39, 0.29) is 30.8 Å². The van der Waals surface area contributed by atoms with Crippen molar-refractivity contribution in [1.29, 1.82) is 0 Å². The van der Waals surface area contributed by atoms with Gasteiger partial charge in [-0.15, -0.1) is 0 Å². The summed E-state index contributed by atoms with van der Waals surface area (Å²) in [6.07, 6.45) is 0.197. The van der Waals surface area contributed by atoms with E-state index < -0.39 is 6.04 Å². The Labute approximate surface area is 183 Å². The van der Waals surface area contributed by atoms with Gasteiger partial charge in [0.25, 0.3) is 0 Å². The molecule has 0 unspecified atom stereocenters. The number of hydrogen-bond acceptors (Lipinski definition) is 2. The highest BCUT2D eigenvalue weighted by Crippen LogP contribution is 2.27. The third-order valence-corrected chi connectivity index (χ3v) is 5.62. The molecule has 6 heteroatoms. The summed E-state index contributed by atoms with van der Waals surface area (Å²) in [6, 6.07) is 10.5. The molecule has 2 aromatic rings. The van der Waals surface area contributed by atoms with Crippen LogP contribution in [0.4, 0.5) is 0 Å². The van der Waals surface area contributed by atoms with Crippen molar-refractivity contribution >= 4 is 35.0 Å². The fourth-order valence-corrected chi connectivity index (χ4v) is 3.55. The molecule has 2 aromatic carbocycles. The van der Waals surface area contributed by atoms with Gasteiger partial charge in [-0.2, -0.15) is 0 Å². The second kappa shape index (κ2) is 10.1. The molecule has 0 heterocycles. The number of carbonyl (C=O) groups excluding carboxylic acids is 2. The molecule has 1 atom stereocenters. The maximum Gasteiger partial charge on any atom is 0.242 e. The fraction of sp³-hybridized carbons (Fsp3) is 0.391. The van der Waals surface area contributed by atoms with Crippen molar-refractivity contribution in [1.82, 2.24) is 10.2 Å². The molecule has 156 valence electrons. The maximum absolute atomic E-state index is 13.2. The first-order chi connectivity index (χ1) is 13.6. The van der Waals surface area contributed by atoms with Crippen LogP contribution in [0.1, 0.15) is 43.0 Å². The number of aryl methyl sites for hydroxylation is 2. The topological polar surface area (TPSA) is 49.4 Å². The van der Waals surface area contributed by atoms with Crippen molar-refractivity contribution in [3.63, 3.8) is 0 Å². The minimum atomic E-state index is -0.663. The van der Waals surface area contributed by atoms with Crippen LogP contribution in [0.3, 0.4) is 0 Å². The molecule has 0 fully saturated rings. The van der Waals surface area contributed by atoms with Crippen molar-refractivity contribution in [2.45, 2.75) is 59.7 Å². The second-order valence-electron chi connectivity index (χ2n) is 7.66. The lowest BCUT2D eigenvalue weighted by Crippen LogP contribution is -2.49. The van der Waals surface area contributed by atoms with Crippen LogP contribution in [-0.2, 0) is 22.6 Å². The molecule has 0 radical (unpaired) electrons. The van der Waals surface area contributed by atoms with Crippen LogP contribution in [0.15, 0.2) is 36.4 Å². The van der Waals surface area contributed by atoms with E-state index in [1.165, 1.54) is 5.56 Å². The molecular formula is C23H28Cl2N2O2. The van der Waals surface area contributed by atoms with Crippen molar-refractivity contribution < 1.29 is 9.59 Å². The van der Waals surface area contributed by atoms with Gasteiger partial charge in [0.2, 0.25) is 11.8 Å². The van der Waals surface area contributed by atoms with Crippen molar-refractivity contribution in [2.24, 2.45) is 0 Å². The van der Waals surface area contributed by atoms with E-state index in [0.29, 0.717) is 15.6 Å². The average molecular weight is 435 g/mol. The third kappa shape index (κ3) is 6.22. The van der Waals surface area contributed by atoms with Crippen LogP contribution in [-0.4, -0.2) is 28.8 Å². The summed E-state index contributed by atoms with van der Waals surface area (Å²) < 4.78 is 0. The molecule has 0 saturated carbocycles. The SMILES string of the molecule is Cc1ccc(CC(=O)N(Cc2c(Cl)cccc2Cl)[C@H](C)C(=O)NC(C)C)cc1C. The van der Waals surface area contributed by atoms with Crippen LogP contribution in [0.2, 0.25) is 10.0 Å². The van der Waals surface area contributed by atoms with E-state index >= 15 is 0 Å². The smallest absolute Gasteiger partial charge is 0.242 e. The van der Waals surface area contributed by atoms with Gasteiger partial charge in [0.1, 0.15) is 6.04 Å². The number of nitrogens with one attached hydrogen (secondary N) is 1. The normalized spacial score (nSPS) is 12.0. The molecule has 0 aromatic heterocycles. The average Bonchev–Trinajstić information content (AvgIpc) is 2.63. The Morgan fingerprint density at radius 1 is 1.00 bits per heavy atom. The number of halogens is 2. The number of benzene rings is 2. The van der Waals surface area contributed by atoms with Gasteiger partial charge in [0, 0.05) is 28.2 Å². The van der Waals surface area contributed by atoms with Gasteiger partial charge in [-0.1, -0.05) is 47.5 Å². The third-order valence-electron chi connectivity index (χ3n) is 4.92. The first-order valence-corrected chi connectivity index (χ1v) is 10.4. The largest absolute Gasteiger partial charge is 0.352 e. The Morgan fingerprint density at radius 2 is 1.62 bits per heavy atom. The summed E-state index contributed by atoms with van der Waals surface area (Å²) in [5.41, 5.74) is 3.84. The highest BCUT2D eigenvalue weighted by Gasteiger charge is 2.27. The summed E-state index contributed by atoms with van der Waals surface area (Å²) in [5, 5.41) is 3.82. The van der Waals surface area contributed by atoms with Crippen LogP contribution in [0, 0.1) is 13.8 Å². The molecule has 0 aliphatic heterocycles. The molecule has 0 aliphatic rings.